The Morgan fingerprint density at radius 1 is 1.68 bits per heavy atom. The molecule has 2 heterocycles. The molecule has 5 N–H and O–H groups in total. The van der Waals surface area contributed by atoms with Crippen molar-refractivity contribution in [2.24, 2.45) is 5.73 Å². The van der Waals surface area contributed by atoms with Crippen molar-refractivity contribution in [3.8, 4) is 6.07 Å². The summed E-state index contributed by atoms with van der Waals surface area (Å²) in [6.45, 7) is 1.83. The third-order valence-corrected chi connectivity index (χ3v) is 4.63. The molecule has 1 aromatic rings. The van der Waals surface area contributed by atoms with E-state index in [1.807, 2.05) is 6.07 Å². The number of amides is 1. The summed E-state index contributed by atoms with van der Waals surface area (Å²) in [6.07, 6.45) is 2.32. The van der Waals surface area contributed by atoms with Crippen molar-refractivity contribution in [1.29, 1.82) is 5.26 Å². The number of nitrogens with two attached hydrogens (primary N) is 2. The number of likely N-dealkylation sites (tertiary alicyclic amines) is 1. The summed E-state index contributed by atoms with van der Waals surface area (Å²) < 4.78 is 0. The molecule has 1 aromatic heterocycles. The molecule has 0 saturated carbocycles. The summed E-state index contributed by atoms with van der Waals surface area (Å²) >= 11 is 1.15. The first-order valence-corrected chi connectivity index (χ1v) is 6.92. The number of hydrogen-bond acceptors (Lipinski definition) is 6. The van der Waals surface area contributed by atoms with E-state index in [2.05, 4.69) is 17.3 Å². The van der Waals surface area contributed by atoms with Gasteiger partial charge in [0, 0.05) is 12.6 Å². The van der Waals surface area contributed by atoms with Crippen LogP contribution in [-0.2, 0) is 0 Å². The topological polar surface area (TPSA) is 108 Å². The average molecular weight is 279 g/mol. The van der Waals surface area contributed by atoms with Gasteiger partial charge in [-0.2, -0.15) is 5.26 Å². The van der Waals surface area contributed by atoms with Gasteiger partial charge in [0.2, 0.25) is 0 Å². The van der Waals surface area contributed by atoms with Crippen LogP contribution in [0.5, 0.6) is 0 Å². The lowest BCUT2D eigenvalue weighted by Crippen LogP contribution is -2.31. The lowest BCUT2D eigenvalue weighted by atomic mass is 10.2. The normalized spacial score (nSPS) is 19.3. The average Bonchev–Trinajstić information content (AvgIpc) is 2.90. The molecule has 2 rings (SSSR count). The van der Waals surface area contributed by atoms with Crippen LogP contribution in [0, 0.1) is 11.3 Å². The highest BCUT2D eigenvalue weighted by Crippen LogP contribution is 2.35. The number of anilines is 2. The fraction of sp³-hybridized carbons (Fsp3) is 0.500. The van der Waals surface area contributed by atoms with Gasteiger partial charge in [-0.25, -0.2) is 0 Å². The fourth-order valence-corrected chi connectivity index (χ4v) is 3.24. The van der Waals surface area contributed by atoms with Gasteiger partial charge in [-0.1, -0.05) is 0 Å². The molecule has 0 aliphatic carbocycles. The lowest BCUT2D eigenvalue weighted by Gasteiger charge is -2.19. The van der Waals surface area contributed by atoms with Gasteiger partial charge >= 0.3 is 0 Å². The molecule has 0 bridgehead atoms. The van der Waals surface area contributed by atoms with Crippen LogP contribution in [0.1, 0.15) is 28.1 Å². The Labute approximate surface area is 116 Å². The molecule has 1 atom stereocenters. The second-order valence-corrected chi connectivity index (χ2v) is 5.70. The molecule has 0 aromatic carbocycles. The molecule has 6 nitrogen and oxygen atoms in total. The van der Waals surface area contributed by atoms with E-state index >= 15 is 0 Å². The van der Waals surface area contributed by atoms with E-state index in [0.717, 1.165) is 30.8 Å². The second-order valence-electron chi connectivity index (χ2n) is 4.68. The molecule has 0 spiro atoms. The summed E-state index contributed by atoms with van der Waals surface area (Å²) in [7, 11) is 2.09. The number of nitrogens with one attached hydrogen (secondary N) is 1. The number of nitrogens with zero attached hydrogens (tertiary/aromatic N) is 2. The monoisotopic (exact) mass is 279 g/mol. The third kappa shape index (κ3) is 2.64. The van der Waals surface area contributed by atoms with Gasteiger partial charge < -0.3 is 21.7 Å². The van der Waals surface area contributed by atoms with Gasteiger partial charge in [0.25, 0.3) is 5.91 Å². The zero-order chi connectivity index (χ0) is 14.0. The zero-order valence-corrected chi connectivity index (χ0v) is 11.6. The Hall–Kier alpha value is -1.78. The van der Waals surface area contributed by atoms with Crippen molar-refractivity contribution in [2.75, 3.05) is 31.2 Å². The first-order chi connectivity index (χ1) is 9.04. The van der Waals surface area contributed by atoms with Gasteiger partial charge in [-0.3, -0.25) is 4.79 Å². The number of hydrogen-bond donors (Lipinski definition) is 3. The van der Waals surface area contributed by atoms with Crippen LogP contribution in [0.3, 0.4) is 0 Å². The van der Waals surface area contributed by atoms with Crippen LogP contribution >= 0.6 is 11.3 Å². The van der Waals surface area contributed by atoms with Crippen molar-refractivity contribution >= 4 is 27.9 Å². The molecular weight excluding hydrogens is 262 g/mol. The predicted molar refractivity (Wildman–Crippen MR) is 76.1 cm³/mol. The predicted octanol–water partition coefficient (Wildman–Crippen LogP) is 0.807. The summed E-state index contributed by atoms with van der Waals surface area (Å²) in [5.41, 5.74) is 11.5. The number of thiophene rings is 1. The Morgan fingerprint density at radius 3 is 2.95 bits per heavy atom. The van der Waals surface area contributed by atoms with Gasteiger partial charge in [-0.15, -0.1) is 11.3 Å². The maximum Gasteiger partial charge on any atom is 0.261 e. The Kier molecular flexibility index (Phi) is 3.93. The molecule has 0 radical (unpaired) electrons. The minimum atomic E-state index is -0.593. The SMILES string of the molecule is CN1CCCC1CNc1sc(C(N)=O)c(N)c1C#N. The number of rotatable bonds is 4. The molecule has 1 unspecified atom stereocenters. The smallest absolute Gasteiger partial charge is 0.261 e. The summed E-state index contributed by atoms with van der Waals surface area (Å²) in [5, 5.41) is 13.0. The van der Waals surface area contributed by atoms with E-state index in [1.165, 1.54) is 6.42 Å². The van der Waals surface area contributed by atoms with Crippen molar-refractivity contribution in [3.05, 3.63) is 10.4 Å². The molecule has 19 heavy (non-hydrogen) atoms. The third-order valence-electron chi connectivity index (χ3n) is 3.45. The van der Waals surface area contributed by atoms with Crippen LogP contribution in [0.2, 0.25) is 0 Å². The van der Waals surface area contributed by atoms with E-state index in [0.29, 0.717) is 16.6 Å². The number of primary amides is 1. The summed E-state index contributed by atoms with van der Waals surface area (Å²) in [6, 6.07) is 2.48. The van der Waals surface area contributed by atoms with E-state index in [9.17, 15) is 4.79 Å². The van der Waals surface area contributed by atoms with Gasteiger partial charge in [-0.05, 0) is 26.4 Å². The minimum absolute atomic E-state index is 0.183. The number of nitrogen functional groups attached to an aromatic ring is 1. The van der Waals surface area contributed by atoms with Crippen LogP contribution < -0.4 is 16.8 Å². The zero-order valence-electron chi connectivity index (χ0n) is 10.8. The van der Waals surface area contributed by atoms with Crippen LogP contribution in [0.4, 0.5) is 10.7 Å². The molecule has 7 heteroatoms. The first-order valence-electron chi connectivity index (χ1n) is 6.11. The quantitative estimate of drug-likeness (QED) is 0.755. The van der Waals surface area contributed by atoms with E-state index in [4.69, 9.17) is 16.7 Å². The van der Waals surface area contributed by atoms with Crippen LogP contribution in [0.25, 0.3) is 0 Å². The van der Waals surface area contributed by atoms with Crippen molar-refractivity contribution in [1.82, 2.24) is 4.90 Å². The first kappa shape index (κ1) is 13.6. The largest absolute Gasteiger partial charge is 0.396 e. The number of nitriles is 1. The highest BCUT2D eigenvalue weighted by Gasteiger charge is 2.23. The standard InChI is InChI=1S/C12H17N5OS/c1-17-4-2-3-7(17)6-16-12-8(5-13)9(14)10(19-12)11(15)18/h7,16H,2-4,6,14H2,1H3,(H2,15,18). The maximum absolute atomic E-state index is 11.2. The molecule has 1 aliphatic heterocycles. The number of carbonyl (C=O) groups excluding carboxylic acids is 1. The van der Waals surface area contributed by atoms with Gasteiger partial charge in [0.05, 0.1) is 5.69 Å². The van der Waals surface area contributed by atoms with E-state index < -0.39 is 5.91 Å². The highest BCUT2D eigenvalue weighted by molar-refractivity contribution is 7.18. The Morgan fingerprint density at radius 2 is 2.42 bits per heavy atom. The molecular formula is C12H17N5OS. The second kappa shape index (κ2) is 5.47. The van der Waals surface area contributed by atoms with Crippen molar-refractivity contribution in [3.63, 3.8) is 0 Å². The summed E-state index contributed by atoms with van der Waals surface area (Å²) in [4.78, 5) is 13.8. The lowest BCUT2D eigenvalue weighted by molar-refractivity contribution is 0.100. The molecule has 1 fully saturated rings. The Bertz CT molecular complexity index is 533. The molecule has 1 aliphatic rings. The molecule has 1 amide bonds. The van der Waals surface area contributed by atoms with Crippen molar-refractivity contribution < 1.29 is 4.79 Å². The summed E-state index contributed by atoms with van der Waals surface area (Å²) in [5.74, 6) is -0.593. The van der Waals surface area contributed by atoms with E-state index in [1.54, 1.807) is 0 Å². The van der Waals surface area contributed by atoms with Gasteiger partial charge in [0.15, 0.2) is 0 Å². The highest BCUT2D eigenvalue weighted by atomic mass is 32.1. The fourth-order valence-electron chi connectivity index (χ4n) is 2.31. The Balaban J connectivity index is 2.14. The minimum Gasteiger partial charge on any atom is -0.396 e. The maximum atomic E-state index is 11.2. The number of carbonyl (C=O) groups is 1. The molecule has 102 valence electrons. The number of likely N-dealkylation sites (N-methyl/N-ethyl adjacent to an activating group) is 1. The molecule has 1 saturated heterocycles. The van der Waals surface area contributed by atoms with Crippen LogP contribution in [-0.4, -0.2) is 37.0 Å². The van der Waals surface area contributed by atoms with E-state index in [-0.39, 0.29) is 10.6 Å². The van der Waals surface area contributed by atoms with Crippen LogP contribution in [0.15, 0.2) is 0 Å². The van der Waals surface area contributed by atoms with Crippen molar-refractivity contribution in [2.45, 2.75) is 18.9 Å². The van der Waals surface area contributed by atoms with Gasteiger partial charge in [0.1, 0.15) is 21.5 Å².